The van der Waals surface area contributed by atoms with Gasteiger partial charge in [0, 0.05) is 11.9 Å². The topological polar surface area (TPSA) is 38.2 Å². The van der Waals surface area contributed by atoms with Gasteiger partial charge < -0.3 is 9.64 Å². The minimum atomic E-state index is -0.496. The zero-order valence-corrected chi connectivity index (χ0v) is 14.5. The van der Waals surface area contributed by atoms with Gasteiger partial charge in [0.15, 0.2) is 0 Å². The first-order valence-corrected chi connectivity index (χ1v) is 8.51. The third-order valence-corrected chi connectivity index (χ3v) is 4.86. The van der Waals surface area contributed by atoms with Crippen LogP contribution < -0.4 is 9.64 Å². The van der Waals surface area contributed by atoms with Crippen LogP contribution in [-0.2, 0) is 6.42 Å². The van der Waals surface area contributed by atoms with Gasteiger partial charge in [0.05, 0.1) is 13.2 Å². The van der Waals surface area contributed by atoms with E-state index in [2.05, 4.69) is 16.0 Å². The van der Waals surface area contributed by atoms with Gasteiger partial charge in [-0.25, -0.2) is 9.37 Å². The Morgan fingerprint density at radius 3 is 2.84 bits per heavy atom. The molecule has 0 radical (unpaired) electrons. The van der Waals surface area contributed by atoms with E-state index in [1.165, 1.54) is 5.56 Å². The molecule has 6 heteroatoms. The number of nitrogens with zero attached hydrogens (tertiary/aromatic N) is 3. The lowest BCUT2D eigenvalue weighted by molar-refractivity contribution is 0.405. The Labute approximate surface area is 150 Å². The molecule has 0 fully saturated rings. The molecule has 4 nitrogen and oxygen atoms in total. The van der Waals surface area contributed by atoms with Gasteiger partial charge in [0.25, 0.3) is 0 Å². The van der Waals surface area contributed by atoms with E-state index in [1.54, 1.807) is 7.11 Å². The van der Waals surface area contributed by atoms with E-state index in [4.69, 9.17) is 16.3 Å². The third-order valence-electron chi connectivity index (χ3n) is 4.69. The van der Waals surface area contributed by atoms with Crippen molar-refractivity contribution in [1.82, 2.24) is 9.97 Å². The summed E-state index contributed by atoms with van der Waals surface area (Å²) in [5.74, 6) is 1.27. The second-order valence-corrected chi connectivity index (χ2v) is 6.32. The van der Waals surface area contributed by atoms with Crippen LogP contribution in [0.3, 0.4) is 0 Å². The largest absolute Gasteiger partial charge is 0.494 e. The maximum Gasteiger partial charge on any atom is 0.225 e. The molecule has 0 N–H and O–H groups in total. The number of hydrogen-bond donors (Lipinski definition) is 0. The van der Waals surface area contributed by atoms with Crippen molar-refractivity contribution >= 4 is 28.3 Å². The summed E-state index contributed by atoms with van der Waals surface area (Å²) in [6, 6.07) is 13.2. The fourth-order valence-electron chi connectivity index (χ4n) is 3.54. The van der Waals surface area contributed by atoms with Gasteiger partial charge in [-0.15, -0.1) is 0 Å². The molecule has 1 aromatic heterocycles. The number of methoxy groups -OCH3 is 1. The van der Waals surface area contributed by atoms with Crippen LogP contribution in [0.25, 0.3) is 10.9 Å². The Morgan fingerprint density at radius 2 is 2.04 bits per heavy atom. The SMILES string of the molecule is COc1cccc2c(N3CCc4ccccc4C3CF)nc(Cl)nc12. The molecule has 0 spiro atoms. The monoisotopic (exact) mass is 357 g/mol. The fourth-order valence-corrected chi connectivity index (χ4v) is 3.70. The molecule has 1 atom stereocenters. The van der Waals surface area contributed by atoms with E-state index >= 15 is 0 Å². The van der Waals surface area contributed by atoms with Gasteiger partial charge in [-0.3, -0.25) is 0 Å². The van der Waals surface area contributed by atoms with E-state index in [-0.39, 0.29) is 11.3 Å². The van der Waals surface area contributed by atoms with E-state index in [0.717, 1.165) is 17.4 Å². The first-order valence-electron chi connectivity index (χ1n) is 8.13. The predicted octanol–water partition coefficient (Wildman–Crippen LogP) is 4.37. The molecule has 0 saturated heterocycles. The summed E-state index contributed by atoms with van der Waals surface area (Å²) in [4.78, 5) is 10.7. The molecular formula is C19H17ClFN3O. The number of fused-ring (bicyclic) bond motifs is 2. The van der Waals surface area contributed by atoms with Crippen molar-refractivity contribution in [2.45, 2.75) is 12.5 Å². The molecule has 0 aliphatic carbocycles. The number of para-hydroxylation sites is 1. The summed E-state index contributed by atoms with van der Waals surface area (Å²) in [5.41, 5.74) is 2.82. The van der Waals surface area contributed by atoms with Crippen LogP contribution in [-0.4, -0.2) is 30.3 Å². The summed E-state index contributed by atoms with van der Waals surface area (Å²) < 4.78 is 19.4. The quantitative estimate of drug-likeness (QED) is 0.652. The van der Waals surface area contributed by atoms with Crippen molar-refractivity contribution in [3.8, 4) is 5.75 Å². The van der Waals surface area contributed by atoms with Crippen molar-refractivity contribution in [3.05, 3.63) is 58.9 Å². The molecule has 25 heavy (non-hydrogen) atoms. The molecule has 0 bridgehead atoms. The molecule has 1 unspecified atom stereocenters. The highest BCUT2D eigenvalue weighted by Crippen LogP contribution is 2.38. The highest BCUT2D eigenvalue weighted by atomic mass is 35.5. The molecule has 2 aromatic carbocycles. The van der Waals surface area contributed by atoms with E-state index in [9.17, 15) is 4.39 Å². The van der Waals surface area contributed by atoms with Gasteiger partial charge in [0.2, 0.25) is 5.28 Å². The second-order valence-electron chi connectivity index (χ2n) is 5.98. The van der Waals surface area contributed by atoms with E-state index in [0.29, 0.717) is 23.6 Å². The van der Waals surface area contributed by atoms with Gasteiger partial charge in [-0.1, -0.05) is 30.3 Å². The highest BCUT2D eigenvalue weighted by Gasteiger charge is 2.30. The Balaban J connectivity index is 1.90. The number of benzene rings is 2. The lowest BCUT2D eigenvalue weighted by atomic mass is 9.93. The minimum Gasteiger partial charge on any atom is -0.494 e. The summed E-state index contributed by atoms with van der Waals surface area (Å²) in [7, 11) is 1.59. The van der Waals surface area contributed by atoms with Crippen LogP contribution >= 0.6 is 11.6 Å². The first-order chi connectivity index (χ1) is 12.2. The van der Waals surface area contributed by atoms with Crippen LogP contribution in [0.5, 0.6) is 5.75 Å². The molecule has 128 valence electrons. The van der Waals surface area contributed by atoms with Crippen LogP contribution in [0, 0.1) is 0 Å². The predicted molar refractivity (Wildman–Crippen MR) is 97.3 cm³/mol. The normalized spacial score (nSPS) is 16.8. The maximum atomic E-state index is 14.0. The van der Waals surface area contributed by atoms with Gasteiger partial charge in [0.1, 0.15) is 23.8 Å². The summed E-state index contributed by atoms with van der Waals surface area (Å²) in [6.07, 6.45) is 0.833. The van der Waals surface area contributed by atoms with Crippen LogP contribution in [0.15, 0.2) is 42.5 Å². The summed E-state index contributed by atoms with van der Waals surface area (Å²) >= 11 is 6.16. The lowest BCUT2D eigenvalue weighted by Gasteiger charge is -2.37. The third kappa shape index (κ3) is 2.68. The fraction of sp³-hybridized carbons (Fsp3) is 0.263. The van der Waals surface area contributed by atoms with Crippen molar-refractivity contribution in [3.63, 3.8) is 0 Å². The highest BCUT2D eigenvalue weighted by molar-refractivity contribution is 6.29. The molecule has 1 aliphatic rings. The van der Waals surface area contributed by atoms with Crippen LogP contribution in [0.1, 0.15) is 17.2 Å². The second kappa shape index (κ2) is 6.48. The Morgan fingerprint density at radius 1 is 1.20 bits per heavy atom. The number of ether oxygens (including phenoxy) is 1. The lowest BCUT2D eigenvalue weighted by Crippen LogP contribution is -2.37. The van der Waals surface area contributed by atoms with E-state index < -0.39 is 6.67 Å². The van der Waals surface area contributed by atoms with Gasteiger partial charge >= 0.3 is 0 Å². The minimum absolute atomic E-state index is 0.128. The van der Waals surface area contributed by atoms with Crippen molar-refractivity contribution < 1.29 is 9.13 Å². The first kappa shape index (κ1) is 16.1. The number of rotatable bonds is 3. The van der Waals surface area contributed by atoms with Crippen LogP contribution in [0.2, 0.25) is 5.28 Å². The smallest absolute Gasteiger partial charge is 0.225 e. The number of aromatic nitrogens is 2. The van der Waals surface area contributed by atoms with Gasteiger partial charge in [-0.05, 0) is 41.3 Å². The molecular weight excluding hydrogens is 341 g/mol. The molecule has 2 heterocycles. The van der Waals surface area contributed by atoms with Crippen molar-refractivity contribution in [1.29, 1.82) is 0 Å². The molecule has 1 aliphatic heterocycles. The summed E-state index contributed by atoms with van der Waals surface area (Å²) in [5, 5.41) is 0.935. The maximum absolute atomic E-state index is 14.0. The number of halogens is 2. The molecule has 3 aromatic rings. The zero-order chi connectivity index (χ0) is 17.4. The van der Waals surface area contributed by atoms with Crippen molar-refractivity contribution in [2.24, 2.45) is 0 Å². The average Bonchev–Trinajstić information content (AvgIpc) is 2.65. The molecule has 4 rings (SSSR count). The number of alkyl halides is 1. The van der Waals surface area contributed by atoms with Crippen LogP contribution in [0.4, 0.5) is 10.2 Å². The summed E-state index contributed by atoms with van der Waals surface area (Å²) in [6.45, 7) is 0.176. The Bertz CT molecular complexity index is 934. The average molecular weight is 358 g/mol. The number of hydrogen-bond acceptors (Lipinski definition) is 4. The number of anilines is 1. The molecule has 0 amide bonds. The Hall–Kier alpha value is -2.40. The molecule has 0 saturated carbocycles. The standard InChI is InChI=1S/C19H17ClFN3O/c1-25-16-8-4-7-14-17(16)22-19(20)23-18(14)24-10-9-12-5-2-3-6-13(12)15(24)11-21/h2-8,15H,9-11H2,1H3. The van der Waals surface area contributed by atoms with E-state index in [1.807, 2.05) is 41.3 Å². The Kier molecular flexibility index (Phi) is 4.17. The van der Waals surface area contributed by atoms with Gasteiger partial charge in [-0.2, -0.15) is 4.98 Å². The zero-order valence-electron chi connectivity index (χ0n) is 13.7. The van der Waals surface area contributed by atoms with Crippen molar-refractivity contribution in [2.75, 3.05) is 25.2 Å².